The van der Waals surface area contributed by atoms with Crippen LogP contribution in [0.2, 0.25) is 0 Å². The maximum atomic E-state index is 12.8. The molecule has 0 N–H and O–H groups in total. The highest BCUT2D eigenvalue weighted by Crippen LogP contribution is 2.24. The molecular weight excluding hydrogens is 406 g/mol. The van der Waals surface area contributed by atoms with Gasteiger partial charge in [-0.05, 0) is 43.0 Å². The van der Waals surface area contributed by atoms with Crippen LogP contribution in [0.5, 0.6) is 0 Å². The van der Waals surface area contributed by atoms with Gasteiger partial charge in [0.25, 0.3) is 0 Å². The zero-order chi connectivity index (χ0) is 19.2. The number of rotatable bonds is 7. The van der Waals surface area contributed by atoms with Crippen molar-refractivity contribution in [3.05, 3.63) is 34.6 Å². The Morgan fingerprint density at radius 2 is 1.93 bits per heavy atom. The number of amides is 1. The highest BCUT2D eigenvalue weighted by molar-refractivity contribution is 9.10. The fraction of sp³-hybridized carbons (Fsp3) is 0.571. The van der Waals surface area contributed by atoms with Crippen LogP contribution < -0.4 is 0 Å². The topological polar surface area (TPSA) is 59.2 Å². The summed E-state index contributed by atoms with van der Waals surface area (Å²) in [6.45, 7) is 4.84. The number of hydrogen-bond acceptors (Lipinski definition) is 4. The summed E-state index contributed by atoms with van der Waals surface area (Å²) in [7, 11) is 0. The Balaban J connectivity index is 1.65. The normalized spacial score (nSPS) is 15.3. The van der Waals surface area contributed by atoms with Crippen LogP contribution in [-0.2, 0) is 11.2 Å². The van der Waals surface area contributed by atoms with Gasteiger partial charge < -0.3 is 9.42 Å². The Bertz CT molecular complexity index is 736. The van der Waals surface area contributed by atoms with Crippen LogP contribution in [0.4, 0.5) is 0 Å². The first-order chi connectivity index (χ1) is 13.0. The van der Waals surface area contributed by atoms with Gasteiger partial charge in [0.1, 0.15) is 0 Å². The molecule has 1 amide bonds. The number of nitrogens with zero attached hydrogens (tertiary/aromatic N) is 3. The van der Waals surface area contributed by atoms with Crippen LogP contribution in [0.1, 0.15) is 58.3 Å². The van der Waals surface area contributed by atoms with Gasteiger partial charge in [-0.1, -0.05) is 54.2 Å². The van der Waals surface area contributed by atoms with Gasteiger partial charge in [-0.15, -0.1) is 0 Å². The van der Waals surface area contributed by atoms with Crippen molar-refractivity contribution in [1.29, 1.82) is 0 Å². The van der Waals surface area contributed by atoms with Crippen LogP contribution in [0.25, 0.3) is 11.4 Å². The summed E-state index contributed by atoms with van der Waals surface area (Å²) in [4.78, 5) is 19.4. The average molecular weight is 434 g/mol. The third-order valence-corrected chi connectivity index (χ3v) is 5.58. The third-order valence-electron chi connectivity index (χ3n) is 5.06. The first-order valence-corrected chi connectivity index (χ1v) is 10.7. The molecular formula is C21H28BrN3O2. The van der Waals surface area contributed by atoms with Crippen molar-refractivity contribution in [3.63, 3.8) is 0 Å². The van der Waals surface area contributed by atoms with Gasteiger partial charge in [-0.2, -0.15) is 4.98 Å². The van der Waals surface area contributed by atoms with E-state index in [1.807, 2.05) is 24.3 Å². The van der Waals surface area contributed by atoms with Crippen molar-refractivity contribution < 1.29 is 9.32 Å². The van der Waals surface area contributed by atoms with Crippen LogP contribution >= 0.6 is 15.9 Å². The third kappa shape index (κ3) is 5.64. The van der Waals surface area contributed by atoms with E-state index in [0.717, 1.165) is 22.9 Å². The second-order valence-corrected chi connectivity index (χ2v) is 8.66. The lowest BCUT2D eigenvalue weighted by atomic mass is 9.93. The monoisotopic (exact) mass is 433 g/mol. The number of carbonyl (C=O) groups excluding carboxylic acids is 1. The Kier molecular flexibility index (Phi) is 7.05. The molecule has 1 aromatic heterocycles. The van der Waals surface area contributed by atoms with Crippen molar-refractivity contribution >= 4 is 21.8 Å². The zero-order valence-electron chi connectivity index (χ0n) is 16.2. The second kappa shape index (κ2) is 9.49. The molecule has 1 aliphatic rings. The Labute approximate surface area is 169 Å². The van der Waals surface area contributed by atoms with E-state index in [9.17, 15) is 4.79 Å². The summed E-state index contributed by atoms with van der Waals surface area (Å²) in [5.41, 5.74) is 0.924. The molecule has 1 aromatic carbocycles. The first kappa shape index (κ1) is 20.1. The van der Waals surface area contributed by atoms with E-state index in [1.165, 1.54) is 19.3 Å². The molecule has 0 aliphatic heterocycles. The summed E-state index contributed by atoms with van der Waals surface area (Å²) in [6, 6.07) is 8.19. The van der Waals surface area contributed by atoms with Crippen molar-refractivity contribution in [3.8, 4) is 11.4 Å². The summed E-state index contributed by atoms with van der Waals surface area (Å²) < 4.78 is 6.45. The molecule has 0 atom stereocenters. The number of halogens is 1. The molecule has 1 saturated carbocycles. The molecule has 0 spiro atoms. The standard InChI is InChI=1S/C21H28BrN3O2/c1-15(2)14-20(26)25(18-6-4-3-5-7-18)13-12-19-23-21(24-27-19)16-8-10-17(22)11-9-16/h8-11,15,18H,3-7,12-14H2,1-2H3. The molecule has 1 heterocycles. The molecule has 2 aromatic rings. The van der Waals surface area contributed by atoms with Gasteiger partial charge in [0.05, 0.1) is 0 Å². The van der Waals surface area contributed by atoms with Crippen LogP contribution in [0, 0.1) is 5.92 Å². The van der Waals surface area contributed by atoms with Crippen molar-refractivity contribution in [2.24, 2.45) is 5.92 Å². The smallest absolute Gasteiger partial charge is 0.228 e. The molecule has 0 unspecified atom stereocenters. The molecule has 0 saturated heterocycles. The lowest BCUT2D eigenvalue weighted by molar-refractivity contribution is -0.135. The predicted octanol–water partition coefficient (Wildman–Crippen LogP) is 5.25. The van der Waals surface area contributed by atoms with E-state index in [2.05, 4.69) is 44.8 Å². The minimum absolute atomic E-state index is 0.254. The molecule has 146 valence electrons. The van der Waals surface area contributed by atoms with Crippen molar-refractivity contribution in [1.82, 2.24) is 15.0 Å². The van der Waals surface area contributed by atoms with E-state index < -0.39 is 0 Å². The molecule has 6 heteroatoms. The number of benzene rings is 1. The van der Waals surface area contributed by atoms with Crippen molar-refractivity contribution in [2.45, 2.75) is 64.8 Å². The quantitative estimate of drug-likeness (QED) is 0.597. The maximum absolute atomic E-state index is 12.8. The first-order valence-electron chi connectivity index (χ1n) is 9.91. The predicted molar refractivity (Wildman–Crippen MR) is 109 cm³/mol. The zero-order valence-corrected chi connectivity index (χ0v) is 17.7. The molecule has 1 aliphatic carbocycles. The molecule has 1 fully saturated rings. The fourth-order valence-corrected chi connectivity index (χ4v) is 3.92. The molecule has 5 nitrogen and oxygen atoms in total. The Morgan fingerprint density at radius 3 is 2.59 bits per heavy atom. The van der Waals surface area contributed by atoms with Gasteiger partial charge in [0.2, 0.25) is 17.6 Å². The molecule has 27 heavy (non-hydrogen) atoms. The second-order valence-electron chi connectivity index (χ2n) is 7.75. The van der Waals surface area contributed by atoms with Crippen molar-refractivity contribution in [2.75, 3.05) is 6.54 Å². The molecule has 0 radical (unpaired) electrons. The van der Waals surface area contributed by atoms with E-state index in [-0.39, 0.29) is 5.91 Å². The summed E-state index contributed by atoms with van der Waals surface area (Å²) >= 11 is 3.43. The fourth-order valence-electron chi connectivity index (χ4n) is 3.66. The lowest BCUT2D eigenvalue weighted by Crippen LogP contribution is -2.43. The van der Waals surface area contributed by atoms with E-state index in [0.29, 0.717) is 43.1 Å². The van der Waals surface area contributed by atoms with Gasteiger partial charge in [0, 0.05) is 35.5 Å². The lowest BCUT2D eigenvalue weighted by Gasteiger charge is -2.34. The van der Waals surface area contributed by atoms with Crippen LogP contribution in [-0.4, -0.2) is 33.5 Å². The highest BCUT2D eigenvalue weighted by Gasteiger charge is 2.26. The molecule has 0 bridgehead atoms. The summed E-state index contributed by atoms with van der Waals surface area (Å²) in [5, 5.41) is 4.09. The van der Waals surface area contributed by atoms with Gasteiger partial charge >= 0.3 is 0 Å². The highest BCUT2D eigenvalue weighted by atomic mass is 79.9. The van der Waals surface area contributed by atoms with E-state index in [4.69, 9.17) is 4.52 Å². The average Bonchev–Trinajstić information content (AvgIpc) is 3.12. The van der Waals surface area contributed by atoms with Crippen LogP contribution in [0.3, 0.4) is 0 Å². The molecule has 3 rings (SSSR count). The Morgan fingerprint density at radius 1 is 1.22 bits per heavy atom. The summed E-state index contributed by atoms with van der Waals surface area (Å²) in [5.74, 6) is 1.81. The summed E-state index contributed by atoms with van der Waals surface area (Å²) in [6.07, 6.45) is 7.13. The van der Waals surface area contributed by atoms with Gasteiger partial charge in [-0.3, -0.25) is 4.79 Å². The van der Waals surface area contributed by atoms with E-state index >= 15 is 0 Å². The minimum Gasteiger partial charge on any atom is -0.339 e. The number of aromatic nitrogens is 2. The Hall–Kier alpha value is -1.69. The van der Waals surface area contributed by atoms with Gasteiger partial charge in [-0.25, -0.2) is 0 Å². The number of hydrogen-bond donors (Lipinski definition) is 0. The number of carbonyl (C=O) groups is 1. The van der Waals surface area contributed by atoms with Gasteiger partial charge in [0.15, 0.2) is 0 Å². The SMILES string of the molecule is CC(C)CC(=O)N(CCc1nc(-c2ccc(Br)cc2)no1)C1CCCCC1. The maximum Gasteiger partial charge on any atom is 0.228 e. The largest absolute Gasteiger partial charge is 0.339 e. The van der Waals surface area contributed by atoms with Crippen LogP contribution in [0.15, 0.2) is 33.3 Å². The minimum atomic E-state index is 0.254. The van der Waals surface area contributed by atoms with E-state index in [1.54, 1.807) is 0 Å².